The molecule has 3 rings (SSSR count). The van der Waals surface area contributed by atoms with Crippen LogP contribution in [0.1, 0.15) is 46.5 Å². The third-order valence-corrected chi connectivity index (χ3v) is 5.45. The second-order valence-electron chi connectivity index (χ2n) is 9.00. The van der Waals surface area contributed by atoms with Crippen molar-refractivity contribution in [3.05, 3.63) is 24.4 Å². The summed E-state index contributed by atoms with van der Waals surface area (Å²) in [7, 11) is 1.53. The lowest BCUT2D eigenvalue weighted by Crippen LogP contribution is -2.42. The zero-order valence-electron chi connectivity index (χ0n) is 18.6. The number of benzene rings is 1. The number of ether oxygens (including phenoxy) is 2. The van der Waals surface area contributed by atoms with Crippen LogP contribution >= 0.6 is 0 Å². The van der Waals surface area contributed by atoms with E-state index in [2.05, 4.69) is 10.3 Å². The molecule has 0 spiro atoms. The van der Waals surface area contributed by atoms with Crippen molar-refractivity contribution in [3.63, 3.8) is 0 Å². The van der Waals surface area contributed by atoms with E-state index in [9.17, 15) is 14.7 Å². The van der Waals surface area contributed by atoms with Gasteiger partial charge in [0.1, 0.15) is 11.4 Å². The van der Waals surface area contributed by atoms with Crippen molar-refractivity contribution in [2.24, 2.45) is 5.92 Å². The Morgan fingerprint density at radius 2 is 2.00 bits per heavy atom. The Balaban J connectivity index is 1.69. The number of nitrogens with one attached hydrogen (secondary N) is 1. The van der Waals surface area contributed by atoms with E-state index in [-0.39, 0.29) is 17.7 Å². The van der Waals surface area contributed by atoms with Crippen LogP contribution < -0.4 is 15.0 Å². The lowest BCUT2D eigenvalue weighted by Gasteiger charge is -2.32. The topological polar surface area (TPSA) is 101 Å². The molecule has 1 aromatic carbocycles. The van der Waals surface area contributed by atoms with Gasteiger partial charge in [0.05, 0.1) is 24.5 Å². The first-order valence-corrected chi connectivity index (χ1v) is 10.6. The fourth-order valence-electron chi connectivity index (χ4n) is 4.02. The van der Waals surface area contributed by atoms with Crippen molar-refractivity contribution in [1.29, 1.82) is 0 Å². The summed E-state index contributed by atoms with van der Waals surface area (Å²) in [6, 6.07) is 4.95. The van der Waals surface area contributed by atoms with Gasteiger partial charge in [0, 0.05) is 18.0 Å². The molecule has 1 fully saturated rings. The van der Waals surface area contributed by atoms with Crippen LogP contribution in [0.4, 0.5) is 10.5 Å². The zero-order chi connectivity index (χ0) is 22.6. The van der Waals surface area contributed by atoms with Gasteiger partial charge in [0.25, 0.3) is 0 Å². The third-order valence-electron chi connectivity index (χ3n) is 5.45. The number of aromatic nitrogens is 1. The molecule has 0 radical (unpaired) electrons. The molecule has 0 saturated heterocycles. The number of amides is 2. The maximum Gasteiger partial charge on any atom is 0.407 e. The Hall–Kier alpha value is -3.03. The van der Waals surface area contributed by atoms with E-state index >= 15 is 0 Å². The molecule has 2 aromatic rings. The molecule has 168 valence electrons. The van der Waals surface area contributed by atoms with Crippen molar-refractivity contribution >= 4 is 29.1 Å². The molecular formula is C23H31N3O5. The van der Waals surface area contributed by atoms with E-state index in [1.165, 1.54) is 7.11 Å². The summed E-state index contributed by atoms with van der Waals surface area (Å²) in [5, 5.41) is 13.5. The quantitative estimate of drug-likeness (QED) is 0.673. The van der Waals surface area contributed by atoms with Gasteiger partial charge in [0.2, 0.25) is 6.41 Å². The molecule has 0 atom stereocenters. The van der Waals surface area contributed by atoms with Crippen LogP contribution in [0.3, 0.4) is 0 Å². The van der Waals surface area contributed by atoms with Crippen LogP contribution in [0.15, 0.2) is 24.4 Å². The number of phenolic OH excluding ortho intramolecular Hbond substituents is 1. The Kier molecular flexibility index (Phi) is 6.87. The monoisotopic (exact) mass is 429 g/mol. The van der Waals surface area contributed by atoms with Gasteiger partial charge in [0.15, 0.2) is 5.75 Å². The highest BCUT2D eigenvalue weighted by Crippen LogP contribution is 2.37. The summed E-state index contributed by atoms with van der Waals surface area (Å²) < 4.78 is 10.8. The molecule has 1 heterocycles. The predicted octanol–water partition coefficient (Wildman–Crippen LogP) is 4.00. The molecular weight excluding hydrogens is 398 g/mol. The molecule has 8 nitrogen and oxygen atoms in total. The molecule has 1 saturated carbocycles. The molecule has 2 amide bonds. The summed E-state index contributed by atoms with van der Waals surface area (Å²) in [5.74, 6) is 0.862. The minimum absolute atomic E-state index is 0.0732. The number of hydrogen-bond donors (Lipinski definition) is 2. The van der Waals surface area contributed by atoms with Crippen molar-refractivity contribution in [1.82, 2.24) is 10.3 Å². The van der Waals surface area contributed by atoms with Gasteiger partial charge in [-0.1, -0.05) is 0 Å². The Morgan fingerprint density at radius 1 is 1.29 bits per heavy atom. The number of nitrogens with zero attached hydrogens (tertiary/aromatic N) is 2. The first-order valence-electron chi connectivity index (χ1n) is 10.6. The van der Waals surface area contributed by atoms with E-state index in [1.54, 1.807) is 29.3 Å². The lowest BCUT2D eigenvalue weighted by molar-refractivity contribution is -0.107. The Labute approximate surface area is 182 Å². The number of pyridine rings is 1. The number of anilines is 1. The zero-order valence-corrected chi connectivity index (χ0v) is 18.6. The van der Waals surface area contributed by atoms with Crippen LogP contribution in [-0.2, 0) is 9.53 Å². The van der Waals surface area contributed by atoms with Crippen molar-refractivity contribution in [2.45, 2.75) is 58.1 Å². The van der Waals surface area contributed by atoms with Crippen LogP contribution in [-0.4, -0.2) is 47.9 Å². The maximum absolute atomic E-state index is 12.0. The van der Waals surface area contributed by atoms with E-state index in [0.29, 0.717) is 28.9 Å². The molecule has 1 aromatic heterocycles. The summed E-state index contributed by atoms with van der Waals surface area (Å²) in [6.07, 6.45) is 5.40. The van der Waals surface area contributed by atoms with Crippen LogP contribution in [0, 0.1) is 5.92 Å². The summed E-state index contributed by atoms with van der Waals surface area (Å²) >= 11 is 0. The highest BCUT2D eigenvalue weighted by atomic mass is 16.6. The normalized spacial score (nSPS) is 19.0. The number of carbonyl (C=O) groups excluding carboxylic acids is 2. The number of alkyl carbamates (subject to hydrolysis) is 1. The number of methoxy groups -OCH3 is 1. The highest BCUT2D eigenvalue weighted by molar-refractivity contribution is 6.00. The van der Waals surface area contributed by atoms with Crippen LogP contribution in [0.25, 0.3) is 10.9 Å². The second kappa shape index (κ2) is 9.41. The molecule has 0 unspecified atom stereocenters. The van der Waals surface area contributed by atoms with Crippen LogP contribution in [0.2, 0.25) is 0 Å². The standard InChI is InChI=1S/C23H31N3O5/c1-23(2,3)31-22(29)25-16-7-5-15(6-8-16)13-26(14-27)21-18-11-17(28)9-10-19(18)24-12-20(21)30-4/h9-12,14-16,28H,5-8,13H2,1-4H3,(H,25,29). The van der Waals surface area contributed by atoms with Crippen molar-refractivity contribution in [2.75, 3.05) is 18.6 Å². The van der Waals surface area contributed by atoms with E-state index in [1.807, 2.05) is 20.8 Å². The molecule has 0 bridgehead atoms. The van der Waals surface area contributed by atoms with E-state index < -0.39 is 11.7 Å². The minimum atomic E-state index is -0.521. The molecule has 8 heteroatoms. The summed E-state index contributed by atoms with van der Waals surface area (Å²) in [4.78, 5) is 30.0. The van der Waals surface area contributed by atoms with Crippen molar-refractivity contribution in [3.8, 4) is 11.5 Å². The molecule has 1 aliphatic carbocycles. The van der Waals surface area contributed by atoms with E-state index in [0.717, 1.165) is 32.1 Å². The average Bonchev–Trinajstić information content (AvgIpc) is 2.71. The molecule has 2 N–H and O–H groups in total. The van der Waals surface area contributed by atoms with Gasteiger partial charge in [-0.15, -0.1) is 0 Å². The highest BCUT2D eigenvalue weighted by Gasteiger charge is 2.27. The number of aromatic hydroxyl groups is 1. The predicted molar refractivity (Wildman–Crippen MR) is 118 cm³/mol. The van der Waals surface area contributed by atoms with Gasteiger partial charge in [-0.25, -0.2) is 4.79 Å². The second-order valence-corrected chi connectivity index (χ2v) is 9.00. The lowest BCUT2D eigenvalue weighted by atomic mass is 9.85. The van der Waals surface area contributed by atoms with Gasteiger partial charge in [-0.2, -0.15) is 0 Å². The van der Waals surface area contributed by atoms with Crippen molar-refractivity contribution < 1.29 is 24.2 Å². The van der Waals surface area contributed by atoms with Gasteiger partial charge in [-0.05, 0) is 70.6 Å². The Bertz CT molecular complexity index is 933. The van der Waals surface area contributed by atoms with Crippen LogP contribution in [0.5, 0.6) is 11.5 Å². The SMILES string of the molecule is COc1cnc2ccc(O)cc2c1N(C=O)CC1CCC(NC(=O)OC(C)(C)C)CC1. The van der Waals surface area contributed by atoms with E-state index in [4.69, 9.17) is 9.47 Å². The number of carbonyl (C=O) groups is 2. The fourth-order valence-corrected chi connectivity index (χ4v) is 4.02. The molecule has 31 heavy (non-hydrogen) atoms. The molecule has 0 aliphatic heterocycles. The number of hydrogen-bond acceptors (Lipinski definition) is 6. The number of rotatable bonds is 6. The average molecular weight is 430 g/mol. The molecule has 1 aliphatic rings. The summed E-state index contributed by atoms with van der Waals surface area (Å²) in [6.45, 7) is 6.05. The first-order chi connectivity index (χ1) is 14.7. The maximum atomic E-state index is 12.0. The number of phenols is 1. The Morgan fingerprint density at radius 3 is 2.61 bits per heavy atom. The first kappa shape index (κ1) is 22.7. The largest absolute Gasteiger partial charge is 0.508 e. The summed E-state index contributed by atoms with van der Waals surface area (Å²) in [5.41, 5.74) is 0.755. The third kappa shape index (κ3) is 5.77. The fraction of sp³-hybridized carbons (Fsp3) is 0.522. The smallest absolute Gasteiger partial charge is 0.407 e. The van der Waals surface area contributed by atoms with Gasteiger partial charge in [-0.3, -0.25) is 9.78 Å². The minimum Gasteiger partial charge on any atom is -0.508 e. The van der Waals surface area contributed by atoms with Gasteiger partial charge >= 0.3 is 6.09 Å². The number of fused-ring (bicyclic) bond motifs is 1. The van der Waals surface area contributed by atoms with Gasteiger partial charge < -0.3 is 24.8 Å².